The highest BCUT2D eigenvalue weighted by Gasteiger charge is 2.15. The number of ether oxygens (including phenoxy) is 1. The third kappa shape index (κ3) is 3.61. The molecule has 1 unspecified atom stereocenters. The first-order valence-electron chi connectivity index (χ1n) is 6.38. The van der Waals surface area contributed by atoms with Crippen LogP contribution in [-0.4, -0.2) is 12.6 Å². The van der Waals surface area contributed by atoms with E-state index in [4.69, 9.17) is 4.74 Å². The molecule has 0 aliphatic rings. The molecule has 0 saturated heterocycles. The number of benzene rings is 1. The van der Waals surface area contributed by atoms with Crippen LogP contribution in [0.1, 0.15) is 35.1 Å². The molecule has 1 aromatic carbocycles. The third-order valence-corrected chi connectivity index (χ3v) is 4.69. The summed E-state index contributed by atoms with van der Waals surface area (Å²) in [7, 11) is 0. The summed E-state index contributed by atoms with van der Waals surface area (Å²) >= 11 is 5.13. The monoisotopic (exact) mass is 353 g/mol. The summed E-state index contributed by atoms with van der Waals surface area (Å²) in [6.07, 6.45) is 0. The van der Waals surface area contributed by atoms with Gasteiger partial charge in [-0.15, -0.1) is 11.3 Å². The smallest absolute Gasteiger partial charge is 0.340 e. The second-order valence-electron chi connectivity index (χ2n) is 4.30. The number of carbonyl (C=O) groups excluding carboxylic acids is 1. The molecule has 2 aromatic rings. The fourth-order valence-corrected chi connectivity index (χ4v) is 3.31. The maximum Gasteiger partial charge on any atom is 0.340 e. The van der Waals surface area contributed by atoms with E-state index in [2.05, 4.69) is 34.2 Å². The van der Waals surface area contributed by atoms with Crippen molar-refractivity contribution in [3.05, 3.63) is 50.6 Å². The molecule has 2 rings (SSSR count). The van der Waals surface area contributed by atoms with Crippen LogP contribution in [-0.2, 0) is 4.74 Å². The standard InChI is InChI=1S/C15H16BrNO2S/c1-3-19-15(18)12-6-4-5-7-13(12)17-10(2)14-8-11(16)9-20-14/h4-10,17H,3H2,1-2H3. The van der Waals surface area contributed by atoms with Crippen molar-refractivity contribution in [3.63, 3.8) is 0 Å². The summed E-state index contributed by atoms with van der Waals surface area (Å²) in [6, 6.07) is 9.62. The average Bonchev–Trinajstić information content (AvgIpc) is 2.86. The SMILES string of the molecule is CCOC(=O)c1ccccc1NC(C)c1cc(Br)cs1. The molecule has 0 bridgehead atoms. The van der Waals surface area contributed by atoms with E-state index in [0.717, 1.165) is 10.2 Å². The van der Waals surface area contributed by atoms with Crippen LogP contribution in [0.25, 0.3) is 0 Å². The minimum atomic E-state index is -0.296. The Kier molecular flexibility index (Phi) is 5.20. The molecule has 0 saturated carbocycles. The maximum absolute atomic E-state index is 11.9. The minimum Gasteiger partial charge on any atom is -0.462 e. The molecule has 0 aliphatic heterocycles. The first kappa shape index (κ1) is 15.1. The van der Waals surface area contributed by atoms with Gasteiger partial charge in [-0.3, -0.25) is 0 Å². The second kappa shape index (κ2) is 6.90. The van der Waals surface area contributed by atoms with E-state index in [0.29, 0.717) is 12.2 Å². The summed E-state index contributed by atoms with van der Waals surface area (Å²) in [5, 5.41) is 5.41. The first-order valence-corrected chi connectivity index (χ1v) is 8.05. The molecule has 1 atom stereocenters. The van der Waals surface area contributed by atoms with Crippen LogP contribution in [0.3, 0.4) is 0 Å². The predicted octanol–water partition coefficient (Wildman–Crippen LogP) is 4.86. The lowest BCUT2D eigenvalue weighted by Crippen LogP contribution is -2.11. The van der Waals surface area contributed by atoms with Crippen molar-refractivity contribution >= 4 is 38.9 Å². The molecule has 1 N–H and O–H groups in total. The number of hydrogen-bond donors (Lipinski definition) is 1. The molecular weight excluding hydrogens is 338 g/mol. The second-order valence-corrected chi connectivity index (χ2v) is 6.16. The van der Waals surface area contributed by atoms with Gasteiger partial charge in [0.25, 0.3) is 0 Å². The number of rotatable bonds is 5. The third-order valence-electron chi connectivity index (χ3n) is 2.81. The van der Waals surface area contributed by atoms with Crippen molar-refractivity contribution in [2.75, 3.05) is 11.9 Å². The summed E-state index contributed by atoms with van der Waals surface area (Å²) in [5.74, 6) is -0.296. The molecule has 106 valence electrons. The lowest BCUT2D eigenvalue weighted by molar-refractivity contribution is 0.0527. The Morgan fingerprint density at radius 2 is 2.20 bits per heavy atom. The summed E-state index contributed by atoms with van der Waals surface area (Å²) in [4.78, 5) is 13.1. The Hall–Kier alpha value is -1.33. The van der Waals surface area contributed by atoms with Gasteiger partial charge in [-0.2, -0.15) is 0 Å². The number of para-hydroxylation sites is 1. The molecule has 1 aromatic heterocycles. The Morgan fingerprint density at radius 1 is 1.45 bits per heavy atom. The van der Waals surface area contributed by atoms with E-state index in [-0.39, 0.29) is 12.0 Å². The predicted molar refractivity (Wildman–Crippen MR) is 86.5 cm³/mol. The van der Waals surface area contributed by atoms with Crippen molar-refractivity contribution in [1.29, 1.82) is 0 Å². The fourth-order valence-electron chi connectivity index (χ4n) is 1.86. The van der Waals surface area contributed by atoms with Gasteiger partial charge in [0.15, 0.2) is 0 Å². The van der Waals surface area contributed by atoms with Gasteiger partial charge in [-0.05, 0) is 48.0 Å². The quantitative estimate of drug-likeness (QED) is 0.780. The van der Waals surface area contributed by atoms with Crippen molar-refractivity contribution in [2.45, 2.75) is 19.9 Å². The molecule has 0 amide bonds. The van der Waals surface area contributed by atoms with E-state index in [9.17, 15) is 4.79 Å². The van der Waals surface area contributed by atoms with Crippen molar-refractivity contribution in [2.24, 2.45) is 0 Å². The number of thiophene rings is 1. The van der Waals surface area contributed by atoms with E-state index >= 15 is 0 Å². The van der Waals surface area contributed by atoms with Gasteiger partial charge < -0.3 is 10.1 Å². The molecular formula is C15H16BrNO2S. The number of carbonyl (C=O) groups is 1. The van der Waals surface area contributed by atoms with Crippen LogP contribution in [0.15, 0.2) is 40.2 Å². The molecule has 1 heterocycles. The Bertz CT molecular complexity index is 597. The van der Waals surface area contributed by atoms with Gasteiger partial charge in [0.1, 0.15) is 0 Å². The highest BCUT2D eigenvalue weighted by molar-refractivity contribution is 9.10. The molecule has 0 fully saturated rings. The first-order chi connectivity index (χ1) is 9.61. The Morgan fingerprint density at radius 3 is 2.85 bits per heavy atom. The van der Waals surface area contributed by atoms with Gasteiger partial charge in [0, 0.05) is 20.4 Å². The number of esters is 1. The van der Waals surface area contributed by atoms with E-state index in [1.165, 1.54) is 4.88 Å². The summed E-state index contributed by atoms with van der Waals surface area (Å²) < 4.78 is 6.15. The van der Waals surface area contributed by atoms with Gasteiger partial charge in [-0.25, -0.2) is 4.79 Å². The Balaban J connectivity index is 2.18. The topological polar surface area (TPSA) is 38.3 Å². The van der Waals surface area contributed by atoms with Crippen molar-refractivity contribution in [3.8, 4) is 0 Å². The zero-order chi connectivity index (χ0) is 14.5. The largest absolute Gasteiger partial charge is 0.462 e. The van der Waals surface area contributed by atoms with E-state index in [1.807, 2.05) is 23.6 Å². The van der Waals surface area contributed by atoms with Crippen molar-refractivity contribution in [1.82, 2.24) is 0 Å². The summed E-state index contributed by atoms with van der Waals surface area (Å²) in [6.45, 7) is 4.25. The van der Waals surface area contributed by atoms with Crippen LogP contribution in [0, 0.1) is 0 Å². The molecule has 0 radical (unpaired) electrons. The van der Waals surface area contributed by atoms with Gasteiger partial charge in [0.05, 0.1) is 18.2 Å². The molecule has 3 nitrogen and oxygen atoms in total. The highest BCUT2D eigenvalue weighted by Crippen LogP contribution is 2.29. The highest BCUT2D eigenvalue weighted by atomic mass is 79.9. The van der Waals surface area contributed by atoms with Crippen LogP contribution < -0.4 is 5.32 Å². The number of anilines is 1. The molecule has 20 heavy (non-hydrogen) atoms. The number of halogens is 1. The van der Waals surface area contributed by atoms with E-state index in [1.54, 1.807) is 24.3 Å². The van der Waals surface area contributed by atoms with Crippen LogP contribution >= 0.6 is 27.3 Å². The lowest BCUT2D eigenvalue weighted by Gasteiger charge is -2.16. The van der Waals surface area contributed by atoms with Crippen molar-refractivity contribution < 1.29 is 9.53 Å². The maximum atomic E-state index is 11.9. The Labute approximate surface area is 131 Å². The zero-order valence-corrected chi connectivity index (χ0v) is 13.8. The molecule has 0 spiro atoms. The van der Waals surface area contributed by atoms with Crippen LogP contribution in [0.5, 0.6) is 0 Å². The number of nitrogens with one attached hydrogen (secondary N) is 1. The van der Waals surface area contributed by atoms with E-state index < -0.39 is 0 Å². The normalized spacial score (nSPS) is 11.9. The lowest BCUT2D eigenvalue weighted by atomic mass is 10.1. The summed E-state index contributed by atoms with van der Waals surface area (Å²) in [5.41, 5.74) is 1.36. The van der Waals surface area contributed by atoms with Crippen LogP contribution in [0.4, 0.5) is 5.69 Å². The average molecular weight is 354 g/mol. The number of hydrogen-bond acceptors (Lipinski definition) is 4. The minimum absolute atomic E-state index is 0.127. The van der Waals surface area contributed by atoms with Gasteiger partial charge >= 0.3 is 5.97 Å². The fraction of sp³-hybridized carbons (Fsp3) is 0.267. The van der Waals surface area contributed by atoms with Gasteiger partial charge in [-0.1, -0.05) is 12.1 Å². The van der Waals surface area contributed by atoms with Crippen LogP contribution in [0.2, 0.25) is 0 Å². The molecule has 0 aliphatic carbocycles. The van der Waals surface area contributed by atoms with Gasteiger partial charge in [0.2, 0.25) is 0 Å². The zero-order valence-electron chi connectivity index (χ0n) is 11.4. The molecule has 5 heteroatoms.